The van der Waals surface area contributed by atoms with E-state index in [-0.39, 0.29) is 11.9 Å². The Balaban J connectivity index is 1.71. The summed E-state index contributed by atoms with van der Waals surface area (Å²) in [5, 5.41) is 5.72. The van der Waals surface area contributed by atoms with Gasteiger partial charge < -0.3 is 15.5 Å². The number of carbonyl (C=O) groups is 2. The van der Waals surface area contributed by atoms with Crippen LogP contribution in [0, 0.1) is 0 Å². The first-order valence-electron chi connectivity index (χ1n) is 7.63. The summed E-state index contributed by atoms with van der Waals surface area (Å²) in [4.78, 5) is 26.3. The lowest BCUT2D eigenvalue weighted by Gasteiger charge is -2.26. The van der Waals surface area contributed by atoms with Crippen LogP contribution in [0.2, 0.25) is 0 Å². The average molecular weight is 309 g/mol. The van der Waals surface area contributed by atoms with Crippen LogP contribution in [-0.4, -0.2) is 29.9 Å². The van der Waals surface area contributed by atoms with Gasteiger partial charge in [0, 0.05) is 18.4 Å². The third kappa shape index (κ3) is 3.34. The van der Waals surface area contributed by atoms with Crippen LogP contribution in [0.25, 0.3) is 0 Å². The molecule has 0 radical (unpaired) electrons. The number of urea groups is 1. The monoisotopic (exact) mass is 309 g/mol. The van der Waals surface area contributed by atoms with Gasteiger partial charge >= 0.3 is 6.03 Å². The van der Waals surface area contributed by atoms with Crippen LogP contribution in [0.3, 0.4) is 0 Å². The van der Waals surface area contributed by atoms with Gasteiger partial charge in [-0.15, -0.1) is 0 Å². The van der Waals surface area contributed by atoms with Crippen LogP contribution in [0.4, 0.5) is 16.2 Å². The number of hydrogen-bond acceptors (Lipinski definition) is 2. The highest BCUT2D eigenvalue weighted by atomic mass is 16.2. The van der Waals surface area contributed by atoms with Gasteiger partial charge in [-0.2, -0.15) is 0 Å². The number of fused-ring (bicyclic) bond motifs is 1. The molecule has 0 saturated heterocycles. The van der Waals surface area contributed by atoms with Crippen LogP contribution < -0.4 is 10.6 Å². The molecule has 5 heteroatoms. The number of likely N-dealkylation sites (N-methyl/N-ethyl adjacent to an activating group) is 1. The molecule has 2 aromatic carbocycles. The van der Waals surface area contributed by atoms with Crippen molar-refractivity contribution in [3.63, 3.8) is 0 Å². The predicted octanol–water partition coefficient (Wildman–Crippen LogP) is 3.10. The Kier molecular flexibility index (Phi) is 4.28. The van der Waals surface area contributed by atoms with Crippen molar-refractivity contribution in [2.75, 3.05) is 17.7 Å². The first-order valence-corrected chi connectivity index (χ1v) is 7.63. The number of aryl methyl sites for hydroxylation is 1. The summed E-state index contributed by atoms with van der Waals surface area (Å²) in [7, 11) is 1.65. The number of nitrogens with zero attached hydrogens (tertiary/aromatic N) is 1. The van der Waals surface area contributed by atoms with E-state index < -0.39 is 6.04 Å². The van der Waals surface area contributed by atoms with Gasteiger partial charge in [0.25, 0.3) is 0 Å². The molecular formula is C18H19N3O2. The van der Waals surface area contributed by atoms with Gasteiger partial charge in [-0.3, -0.25) is 4.79 Å². The SMILES string of the molecule is CN(C(=O)Nc1ccccc1)[C@@H]1CCc2ccccc2NC1=O. The molecule has 118 valence electrons. The summed E-state index contributed by atoms with van der Waals surface area (Å²) in [6, 6.07) is 16.2. The Morgan fingerprint density at radius 1 is 1.13 bits per heavy atom. The lowest BCUT2D eigenvalue weighted by atomic mass is 10.1. The van der Waals surface area contributed by atoms with Crippen LogP contribution in [-0.2, 0) is 11.2 Å². The molecule has 0 aromatic heterocycles. The second kappa shape index (κ2) is 6.52. The molecule has 0 unspecified atom stereocenters. The van der Waals surface area contributed by atoms with Gasteiger partial charge in [-0.05, 0) is 36.6 Å². The fourth-order valence-electron chi connectivity index (χ4n) is 2.74. The topological polar surface area (TPSA) is 61.4 Å². The van der Waals surface area contributed by atoms with Crippen molar-refractivity contribution in [1.29, 1.82) is 0 Å². The number of amides is 3. The van der Waals surface area contributed by atoms with Crippen LogP contribution >= 0.6 is 0 Å². The van der Waals surface area contributed by atoms with Crippen LogP contribution in [0.1, 0.15) is 12.0 Å². The number of hydrogen-bond donors (Lipinski definition) is 2. The van der Waals surface area contributed by atoms with E-state index in [1.807, 2.05) is 54.6 Å². The quantitative estimate of drug-likeness (QED) is 0.895. The molecule has 2 N–H and O–H groups in total. The molecule has 0 spiro atoms. The predicted molar refractivity (Wildman–Crippen MR) is 90.4 cm³/mol. The second-order valence-electron chi connectivity index (χ2n) is 5.61. The summed E-state index contributed by atoms with van der Waals surface area (Å²) in [5.74, 6) is -0.152. The summed E-state index contributed by atoms with van der Waals surface area (Å²) in [6.07, 6.45) is 1.35. The summed E-state index contributed by atoms with van der Waals surface area (Å²) in [5.41, 5.74) is 2.64. The highest BCUT2D eigenvalue weighted by Crippen LogP contribution is 2.23. The van der Waals surface area contributed by atoms with Crippen LogP contribution in [0.5, 0.6) is 0 Å². The third-order valence-electron chi connectivity index (χ3n) is 4.08. The number of para-hydroxylation sites is 2. The van der Waals surface area contributed by atoms with Crippen molar-refractivity contribution >= 4 is 23.3 Å². The zero-order valence-electron chi connectivity index (χ0n) is 13.0. The van der Waals surface area contributed by atoms with Gasteiger partial charge in [-0.1, -0.05) is 36.4 Å². The lowest BCUT2D eigenvalue weighted by molar-refractivity contribution is -0.120. The summed E-state index contributed by atoms with van der Waals surface area (Å²) < 4.78 is 0. The fourth-order valence-corrected chi connectivity index (χ4v) is 2.74. The standard InChI is InChI=1S/C18H19N3O2/c1-21(18(23)19-14-8-3-2-4-9-14)16-12-11-13-7-5-6-10-15(13)20-17(16)22/h2-10,16H,11-12H2,1H3,(H,19,23)(H,20,22)/t16-/m1/s1. The van der Waals surface area contributed by atoms with E-state index in [4.69, 9.17) is 0 Å². The van der Waals surface area contributed by atoms with Crippen molar-refractivity contribution in [2.45, 2.75) is 18.9 Å². The zero-order valence-corrected chi connectivity index (χ0v) is 13.0. The van der Waals surface area contributed by atoms with E-state index in [0.717, 1.165) is 17.7 Å². The van der Waals surface area contributed by atoms with E-state index >= 15 is 0 Å². The molecule has 1 atom stereocenters. The molecule has 1 aliphatic heterocycles. The van der Waals surface area contributed by atoms with E-state index in [1.165, 1.54) is 4.90 Å². The van der Waals surface area contributed by atoms with E-state index in [0.29, 0.717) is 12.1 Å². The molecule has 0 aliphatic carbocycles. The van der Waals surface area contributed by atoms with Crippen LogP contribution in [0.15, 0.2) is 54.6 Å². The number of nitrogens with one attached hydrogen (secondary N) is 2. The molecule has 0 bridgehead atoms. The Labute approximate surface area is 135 Å². The maximum atomic E-state index is 12.4. The number of anilines is 2. The zero-order chi connectivity index (χ0) is 16.2. The normalized spacial score (nSPS) is 16.7. The smallest absolute Gasteiger partial charge is 0.322 e. The number of rotatable bonds is 2. The molecular weight excluding hydrogens is 290 g/mol. The van der Waals surface area contributed by atoms with E-state index in [9.17, 15) is 9.59 Å². The van der Waals surface area contributed by atoms with Gasteiger partial charge in [0.2, 0.25) is 5.91 Å². The first-order chi connectivity index (χ1) is 11.1. The molecule has 1 aliphatic rings. The average Bonchev–Trinajstić information content (AvgIpc) is 2.73. The van der Waals surface area contributed by atoms with E-state index in [2.05, 4.69) is 10.6 Å². The Morgan fingerprint density at radius 2 is 1.83 bits per heavy atom. The Morgan fingerprint density at radius 3 is 2.61 bits per heavy atom. The summed E-state index contributed by atoms with van der Waals surface area (Å²) in [6.45, 7) is 0. The molecule has 23 heavy (non-hydrogen) atoms. The Bertz CT molecular complexity index is 715. The lowest BCUT2D eigenvalue weighted by Crippen LogP contribution is -2.46. The van der Waals surface area contributed by atoms with Gasteiger partial charge in [0.05, 0.1) is 0 Å². The number of carbonyl (C=O) groups excluding carboxylic acids is 2. The first kappa shape index (κ1) is 15.1. The van der Waals surface area contributed by atoms with Gasteiger partial charge in [-0.25, -0.2) is 4.79 Å². The molecule has 2 aromatic rings. The highest BCUT2D eigenvalue weighted by molar-refractivity contribution is 6.00. The minimum absolute atomic E-state index is 0.152. The highest BCUT2D eigenvalue weighted by Gasteiger charge is 2.29. The molecule has 5 nitrogen and oxygen atoms in total. The van der Waals surface area contributed by atoms with Crippen molar-refractivity contribution in [3.05, 3.63) is 60.2 Å². The van der Waals surface area contributed by atoms with Crippen molar-refractivity contribution in [3.8, 4) is 0 Å². The maximum Gasteiger partial charge on any atom is 0.322 e. The fraction of sp³-hybridized carbons (Fsp3) is 0.222. The Hall–Kier alpha value is -2.82. The molecule has 0 saturated carbocycles. The van der Waals surface area contributed by atoms with Crippen molar-refractivity contribution < 1.29 is 9.59 Å². The minimum Gasteiger partial charge on any atom is -0.324 e. The van der Waals surface area contributed by atoms with Crippen molar-refractivity contribution in [1.82, 2.24) is 4.90 Å². The van der Waals surface area contributed by atoms with Crippen molar-refractivity contribution in [2.24, 2.45) is 0 Å². The molecule has 3 rings (SSSR count). The molecule has 1 heterocycles. The maximum absolute atomic E-state index is 12.4. The van der Waals surface area contributed by atoms with E-state index in [1.54, 1.807) is 7.05 Å². The molecule has 0 fully saturated rings. The number of benzene rings is 2. The largest absolute Gasteiger partial charge is 0.324 e. The minimum atomic E-state index is -0.494. The third-order valence-corrected chi connectivity index (χ3v) is 4.08. The second-order valence-corrected chi connectivity index (χ2v) is 5.61. The molecule has 3 amide bonds. The summed E-state index contributed by atoms with van der Waals surface area (Å²) >= 11 is 0. The van der Waals surface area contributed by atoms with Gasteiger partial charge in [0.15, 0.2) is 0 Å². The van der Waals surface area contributed by atoms with Gasteiger partial charge in [0.1, 0.15) is 6.04 Å².